The summed E-state index contributed by atoms with van der Waals surface area (Å²) in [4.78, 5) is 2.44. The van der Waals surface area contributed by atoms with E-state index in [2.05, 4.69) is 20.4 Å². The molecule has 5 nitrogen and oxygen atoms in total. The lowest BCUT2D eigenvalue weighted by atomic mass is 10.00. The molecule has 1 aromatic heterocycles. The van der Waals surface area contributed by atoms with E-state index in [4.69, 9.17) is 4.74 Å². The molecule has 0 bridgehead atoms. The number of benzene rings is 1. The highest BCUT2D eigenvalue weighted by Crippen LogP contribution is 2.43. The number of fused-ring (bicyclic) bond motifs is 1. The molecule has 1 N–H and O–H groups in total. The summed E-state index contributed by atoms with van der Waals surface area (Å²) in [6.07, 6.45) is -6.35. The Morgan fingerprint density at radius 2 is 1.54 bits per heavy atom. The van der Waals surface area contributed by atoms with Crippen LogP contribution in [0.2, 0.25) is 0 Å². The molecular formula is C25H27F7N4O. The van der Waals surface area contributed by atoms with E-state index in [1.807, 2.05) is 0 Å². The van der Waals surface area contributed by atoms with E-state index in [0.717, 1.165) is 45.7 Å². The van der Waals surface area contributed by atoms with Crippen LogP contribution in [0.5, 0.6) is 0 Å². The van der Waals surface area contributed by atoms with Crippen molar-refractivity contribution in [2.75, 3.05) is 38.2 Å². The fraction of sp³-hybridized carbons (Fsp3) is 0.600. The van der Waals surface area contributed by atoms with Crippen molar-refractivity contribution in [3.05, 3.63) is 41.2 Å². The minimum atomic E-state index is -4.90. The third kappa shape index (κ3) is 5.84. The Bertz CT molecular complexity index is 1100. The number of rotatable bonds is 5. The maximum absolute atomic E-state index is 13.9. The molecule has 3 aliphatic rings. The van der Waals surface area contributed by atoms with Crippen LogP contribution >= 0.6 is 0 Å². The average Bonchev–Trinajstić information content (AvgIpc) is 3.36. The second-order valence-electron chi connectivity index (χ2n) is 10.3. The van der Waals surface area contributed by atoms with Gasteiger partial charge in [-0.3, -0.25) is 0 Å². The molecule has 5 rings (SSSR count). The normalized spacial score (nSPS) is 25.4. The molecule has 1 unspecified atom stereocenters. The molecule has 1 saturated carbocycles. The first kappa shape index (κ1) is 26.1. The van der Waals surface area contributed by atoms with Gasteiger partial charge in [0.15, 0.2) is 5.82 Å². The van der Waals surface area contributed by atoms with Crippen molar-refractivity contribution in [2.45, 2.75) is 44.1 Å². The Morgan fingerprint density at radius 3 is 2.16 bits per heavy atom. The third-order valence-electron chi connectivity index (χ3n) is 7.69. The summed E-state index contributed by atoms with van der Waals surface area (Å²) in [6.45, 7) is 4.39. The first-order valence-electron chi connectivity index (χ1n) is 12.4. The van der Waals surface area contributed by atoms with Gasteiger partial charge in [0, 0.05) is 44.5 Å². The zero-order chi connectivity index (χ0) is 26.4. The number of nitrogens with one attached hydrogen (secondary N) is 1. The first-order chi connectivity index (χ1) is 17.5. The van der Waals surface area contributed by atoms with Crippen LogP contribution in [0.25, 0.3) is 11.3 Å². The fourth-order valence-electron chi connectivity index (χ4n) is 5.97. The molecule has 2 saturated heterocycles. The number of ether oxygens (including phenoxy) is 1. The highest BCUT2D eigenvalue weighted by Gasteiger charge is 2.43. The number of hydrogen-bond donors (Lipinski definition) is 1. The Kier molecular flexibility index (Phi) is 7.08. The first-order valence-corrected chi connectivity index (χ1v) is 12.4. The summed E-state index contributed by atoms with van der Waals surface area (Å²) in [5.41, 5.74) is -4.01. The molecule has 0 radical (unpaired) electrons. The largest absolute Gasteiger partial charge is 0.420 e. The van der Waals surface area contributed by atoms with Gasteiger partial charge < -0.3 is 15.0 Å². The molecule has 12 heteroatoms. The lowest BCUT2D eigenvalue weighted by Crippen LogP contribution is -2.32. The molecule has 37 heavy (non-hydrogen) atoms. The maximum Gasteiger partial charge on any atom is 0.420 e. The van der Waals surface area contributed by atoms with E-state index >= 15 is 0 Å². The van der Waals surface area contributed by atoms with Crippen LogP contribution in [-0.4, -0.2) is 54.0 Å². The molecule has 202 valence electrons. The molecule has 0 amide bonds. The zero-order valence-electron chi connectivity index (χ0n) is 19.9. The summed E-state index contributed by atoms with van der Waals surface area (Å²) in [5.74, 6) is -0.212. The minimum Gasteiger partial charge on any atom is -0.381 e. The molecule has 3 atom stereocenters. The second-order valence-corrected chi connectivity index (χ2v) is 10.3. The summed E-state index contributed by atoms with van der Waals surface area (Å²) in [7, 11) is 0. The molecule has 3 heterocycles. The second kappa shape index (κ2) is 10.0. The van der Waals surface area contributed by atoms with E-state index in [1.165, 1.54) is 0 Å². The third-order valence-corrected chi connectivity index (χ3v) is 7.69. The lowest BCUT2D eigenvalue weighted by molar-refractivity contribution is -0.137. The van der Waals surface area contributed by atoms with Crippen LogP contribution in [0, 0.1) is 23.6 Å². The molecule has 0 spiro atoms. The number of halogens is 7. The van der Waals surface area contributed by atoms with Crippen molar-refractivity contribution in [3.8, 4) is 11.3 Å². The van der Waals surface area contributed by atoms with Gasteiger partial charge in [-0.25, -0.2) is 4.39 Å². The van der Waals surface area contributed by atoms with Crippen molar-refractivity contribution < 1.29 is 35.5 Å². The van der Waals surface area contributed by atoms with Crippen molar-refractivity contribution in [1.82, 2.24) is 15.1 Å². The Hall–Kier alpha value is -2.47. The van der Waals surface area contributed by atoms with Gasteiger partial charge in [-0.15, -0.1) is 10.2 Å². The summed E-state index contributed by atoms with van der Waals surface area (Å²) in [6, 6.07) is 1.85. The molecule has 1 aromatic carbocycles. The highest BCUT2D eigenvalue weighted by molar-refractivity contribution is 5.67. The molecule has 3 fully saturated rings. The Balaban J connectivity index is 1.31. The number of likely N-dealkylation sites (tertiary alicyclic amines) is 1. The number of anilines is 1. The van der Waals surface area contributed by atoms with Gasteiger partial charge in [-0.05, 0) is 67.7 Å². The molecule has 2 aliphatic heterocycles. The van der Waals surface area contributed by atoms with E-state index in [-0.39, 0.29) is 6.04 Å². The zero-order valence-corrected chi connectivity index (χ0v) is 19.9. The number of nitrogens with zero attached hydrogens (tertiary/aromatic N) is 3. The number of hydrogen-bond acceptors (Lipinski definition) is 5. The van der Waals surface area contributed by atoms with Crippen LogP contribution in [0.15, 0.2) is 24.3 Å². The van der Waals surface area contributed by atoms with E-state index in [9.17, 15) is 30.7 Å². The van der Waals surface area contributed by atoms with E-state index in [0.29, 0.717) is 54.9 Å². The quantitative estimate of drug-likeness (QED) is 0.489. The molecule has 2 aromatic rings. The molecule has 1 aliphatic carbocycles. The van der Waals surface area contributed by atoms with E-state index < -0.39 is 46.4 Å². The Labute approximate surface area is 209 Å². The van der Waals surface area contributed by atoms with Crippen molar-refractivity contribution >= 4 is 5.82 Å². The summed E-state index contributed by atoms with van der Waals surface area (Å²) < 4.78 is 101. The maximum atomic E-state index is 13.9. The van der Waals surface area contributed by atoms with Crippen molar-refractivity contribution in [1.29, 1.82) is 0 Å². The topological polar surface area (TPSA) is 50.3 Å². The van der Waals surface area contributed by atoms with Gasteiger partial charge in [0.05, 0.1) is 11.3 Å². The van der Waals surface area contributed by atoms with Crippen LogP contribution < -0.4 is 5.32 Å². The van der Waals surface area contributed by atoms with Crippen LogP contribution in [0.3, 0.4) is 0 Å². The highest BCUT2D eigenvalue weighted by atomic mass is 19.4. The van der Waals surface area contributed by atoms with Gasteiger partial charge in [0.25, 0.3) is 0 Å². The standard InChI is InChI=1S/C25H27F7N4O/c26-17-1-2-20(24(27,28)29)19(9-17)22-10-21(25(30,31)32)23(35-34-22)33-18-7-15-12-36(13-16(15)8-18)11-14-3-5-37-6-4-14/h1-2,9-10,14-16,18H,3-8,11-13H2,(H,33,35)/t15-,16+,18?. The monoisotopic (exact) mass is 532 g/mol. The van der Waals surface area contributed by atoms with Gasteiger partial charge >= 0.3 is 12.4 Å². The average molecular weight is 533 g/mol. The smallest absolute Gasteiger partial charge is 0.381 e. The number of aromatic nitrogens is 2. The van der Waals surface area contributed by atoms with Gasteiger partial charge in [-0.2, -0.15) is 26.3 Å². The lowest BCUT2D eigenvalue weighted by Gasteiger charge is -2.28. The minimum absolute atomic E-state index is 0.249. The number of alkyl halides is 6. The summed E-state index contributed by atoms with van der Waals surface area (Å²) >= 11 is 0. The van der Waals surface area contributed by atoms with Gasteiger partial charge in [-0.1, -0.05) is 0 Å². The van der Waals surface area contributed by atoms with Crippen LogP contribution in [0.1, 0.15) is 36.8 Å². The predicted molar refractivity (Wildman–Crippen MR) is 121 cm³/mol. The van der Waals surface area contributed by atoms with Crippen molar-refractivity contribution in [2.24, 2.45) is 17.8 Å². The van der Waals surface area contributed by atoms with E-state index in [1.54, 1.807) is 0 Å². The fourth-order valence-corrected chi connectivity index (χ4v) is 5.97. The SMILES string of the molecule is Fc1ccc(C(F)(F)F)c(-c2cc(C(F)(F)F)c(NC3C[C@@H]4CN(CC5CCOCC5)C[C@@H]4C3)nn2)c1. The van der Waals surface area contributed by atoms with Crippen LogP contribution in [-0.2, 0) is 17.1 Å². The Morgan fingerprint density at radius 1 is 0.892 bits per heavy atom. The van der Waals surface area contributed by atoms with Crippen molar-refractivity contribution in [3.63, 3.8) is 0 Å². The van der Waals surface area contributed by atoms with Gasteiger partial charge in [0.2, 0.25) is 0 Å². The summed E-state index contributed by atoms with van der Waals surface area (Å²) in [5, 5.41) is 10.1. The van der Waals surface area contributed by atoms with Crippen LogP contribution in [0.4, 0.5) is 36.6 Å². The molecular weight excluding hydrogens is 505 g/mol. The van der Waals surface area contributed by atoms with Gasteiger partial charge in [0.1, 0.15) is 11.4 Å². The predicted octanol–water partition coefficient (Wildman–Crippen LogP) is 5.87.